The maximum absolute atomic E-state index is 12.8. The monoisotopic (exact) mass is 168 g/mol. The highest BCUT2D eigenvalue weighted by Crippen LogP contribution is 2.19. The molecule has 0 aliphatic rings. The van der Waals surface area contributed by atoms with Gasteiger partial charge in [0.1, 0.15) is 11.6 Å². The Morgan fingerprint density at radius 3 is 2.33 bits per heavy atom. The number of hydrogen-bond donors (Lipinski definition) is 0. The second-order valence-corrected chi connectivity index (χ2v) is 2.37. The molecule has 0 aliphatic carbocycles. The zero-order chi connectivity index (χ0) is 9.14. The van der Waals surface area contributed by atoms with Crippen LogP contribution in [0.2, 0.25) is 0 Å². The summed E-state index contributed by atoms with van der Waals surface area (Å²) in [7, 11) is 0. The smallest absolute Gasteiger partial charge is 0.148 e. The molecule has 62 valence electrons. The average Bonchev–Trinajstić information content (AvgIpc) is 2.03. The molecule has 2 nitrogen and oxygen atoms in total. The van der Waals surface area contributed by atoms with Crippen LogP contribution in [0.3, 0.4) is 0 Å². The van der Waals surface area contributed by atoms with Gasteiger partial charge in [-0.05, 0) is 6.92 Å². The van der Waals surface area contributed by atoms with Gasteiger partial charge in [-0.15, -0.1) is 0 Å². The van der Waals surface area contributed by atoms with Crippen LogP contribution >= 0.6 is 0 Å². The molecule has 0 fully saturated rings. The Morgan fingerprint density at radius 2 is 1.92 bits per heavy atom. The molecular weight excluding hydrogens is 162 g/mol. The summed E-state index contributed by atoms with van der Waals surface area (Å²) in [5.74, 6) is -2.33. The van der Waals surface area contributed by atoms with Gasteiger partial charge in [-0.2, -0.15) is 5.26 Å². The van der Waals surface area contributed by atoms with Crippen LogP contribution in [0.25, 0.3) is 0 Å². The molecule has 0 aromatic carbocycles. The van der Waals surface area contributed by atoms with Crippen LogP contribution in [-0.2, 0) is 0 Å². The Kier molecular flexibility index (Phi) is 2.34. The van der Waals surface area contributed by atoms with Crippen molar-refractivity contribution < 1.29 is 8.78 Å². The summed E-state index contributed by atoms with van der Waals surface area (Å²) in [6.45, 7) is 1.43. The van der Waals surface area contributed by atoms with Crippen molar-refractivity contribution in [2.24, 2.45) is 0 Å². The zero-order valence-corrected chi connectivity index (χ0v) is 6.38. The Labute approximate surface area is 68.5 Å². The molecule has 4 heteroatoms. The van der Waals surface area contributed by atoms with Crippen LogP contribution < -0.4 is 0 Å². The molecule has 0 amide bonds. The Bertz CT molecular complexity index is 310. The minimum Gasteiger partial charge on any atom is -0.259 e. The summed E-state index contributed by atoms with van der Waals surface area (Å²) in [5.41, 5.74) is -0.215. The first-order chi connectivity index (χ1) is 5.66. The molecule has 0 saturated heterocycles. The SMILES string of the molecule is CC(C#N)c1c(F)cncc1F. The van der Waals surface area contributed by atoms with Crippen molar-refractivity contribution in [3.8, 4) is 6.07 Å². The molecule has 1 heterocycles. The second kappa shape index (κ2) is 3.26. The molecule has 1 aromatic rings. The van der Waals surface area contributed by atoms with Gasteiger partial charge in [0.15, 0.2) is 0 Å². The standard InChI is InChI=1S/C8H6F2N2/c1-5(2-11)8-6(9)3-12-4-7(8)10/h3-5H,1H3. The van der Waals surface area contributed by atoms with E-state index in [4.69, 9.17) is 5.26 Å². The summed E-state index contributed by atoms with van der Waals surface area (Å²) in [6.07, 6.45) is 1.79. The number of hydrogen-bond acceptors (Lipinski definition) is 2. The maximum atomic E-state index is 12.8. The molecule has 1 unspecified atom stereocenters. The summed E-state index contributed by atoms with van der Waals surface area (Å²) in [4.78, 5) is 3.30. The molecule has 0 aliphatic heterocycles. The van der Waals surface area contributed by atoms with E-state index in [2.05, 4.69) is 4.98 Å². The molecule has 12 heavy (non-hydrogen) atoms. The van der Waals surface area contributed by atoms with Crippen LogP contribution in [0.1, 0.15) is 18.4 Å². The van der Waals surface area contributed by atoms with Gasteiger partial charge >= 0.3 is 0 Å². The predicted octanol–water partition coefficient (Wildman–Crippen LogP) is 1.99. The number of nitrogens with zero attached hydrogens (tertiary/aromatic N) is 2. The molecule has 0 bridgehead atoms. The third-order valence-corrected chi connectivity index (χ3v) is 1.52. The van der Waals surface area contributed by atoms with Crippen molar-refractivity contribution in [3.63, 3.8) is 0 Å². The van der Waals surface area contributed by atoms with Gasteiger partial charge in [0.05, 0.1) is 24.4 Å². The highest BCUT2D eigenvalue weighted by Gasteiger charge is 2.15. The van der Waals surface area contributed by atoms with Gasteiger partial charge < -0.3 is 0 Å². The summed E-state index contributed by atoms with van der Waals surface area (Å²) < 4.78 is 25.7. The van der Waals surface area contributed by atoms with E-state index in [1.807, 2.05) is 0 Å². The fourth-order valence-electron chi connectivity index (χ4n) is 0.900. The lowest BCUT2D eigenvalue weighted by Gasteiger charge is -2.04. The number of rotatable bonds is 1. The first-order valence-electron chi connectivity index (χ1n) is 3.35. The number of nitriles is 1. The normalized spacial score (nSPS) is 12.2. The average molecular weight is 168 g/mol. The minimum absolute atomic E-state index is 0.215. The van der Waals surface area contributed by atoms with Crippen molar-refractivity contribution in [2.45, 2.75) is 12.8 Å². The largest absolute Gasteiger partial charge is 0.259 e. The van der Waals surface area contributed by atoms with Crippen molar-refractivity contribution >= 4 is 0 Å². The van der Waals surface area contributed by atoms with Gasteiger partial charge in [-0.25, -0.2) is 8.78 Å². The third-order valence-electron chi connectivity index (χ3n) is 1.52. The lowest BCUT2D eigenvalue weighted by atomic mass is 10.0. The Balaban J connectivity index is 3.23. The van der Waals surface area contributed by atoms with Crippen molar-refractivity contribution in [1.29, 1.82) is 5.26 Å². The van der Waals surface area contributed by atoms with Gasteiger partial charge in [0, 0.05) is 5.56 Å². The van der Waals surface area contributed by atoms with E-state index in [1.165, 1.54) is 6.92 Å². The Hall–Kier alpha value is -1.50. The molecule has 1 rings (SSSR count). The van der Waals surface area contributed by atoms with E-state index in [1.54, 1.807) is 6.07 Å². The summed E-state index contributed by atoms with van der Waals surface area (Å²) in [5, 5.41) is 8.43. The van der Waals surface area contributed by atoms with Gasteiger partial charge in [-0.1, -0.05) is 0 Å². The van der Waals surface area contributed by atoms with Crippen LogP contribution in [0.5, 0.6) is 0 Å². The summed E-state index contributed by atoms with van der Waals surface area (Å²) >= 11 is 0. The topological polar surface area (TPSA) is 36.7 Å². The van der Waals surface area contributed by atoms with E-state index < -0.39 is 17.6 Å². The lowest BCUT2D eigenvalue weighted by Crippen LogP contribution is -1.99. The molecule has 0 saturated carbocycles. The fraction of sp³-hybridized carbons (Fsp3) is 0.250. The van der Waals surface area contributed by atoms with E-state index in [9.17, 15) is 8.78 Å². The molecule has 1 atom stereocenters. The van der Waals surface area contributed by atoms with E-state index >= 15 is 0 Å². The second-order valence-electron chi connectivity index (χ2n) is 2.37. The van der Waals surface area contributed by atoms with Crippen LogP contribution in [0.15, 0.2) is 12.4 Å². The molecule has 1 aromatic heterocycles. The molecule has 0 N–H and O–H groups in total. The quantitative estimate of drug-likeness (QED) is 0.642. The lowest BCUT2D eigenvalue weighted by molar-refractivity contribution is 0.541. The van der Waals surface area contributed by atoms with Crippen LogP contribution in [0.4, 0.5) is 8.78 Å². The van der Waals surface area contributed by atoms with Crippen molar-refractivity contribution in [3.05, 3.63) is 29.6 Å². The van der Waals surface area contributed by atoms with Crippen molar-refractivity contribution in [1.82, 2.24) is 4.98 Å². The first kappa shape index (κ1) is 8.60. The Morgan fingerprint density at radius 1 is 1.42 bits per heavy atom. The molecule has 0 radical (unpaired) electrons. The van der Waals surface area contributed by atoms with E-state index in [0.717, 1.165) is 12.4 Å². The fourth-order valence-corrected chi connectivity index (χ4v) is 0.900. The molecule has 0 spiro atoms. The minimum atomic E-state index is -0.784. The highest BCUT2D eigenvalue weighted by molar-refractivity contribution is 5.24. The van der Waals surface area contributed by atoms with Gasteiger partial charge in [0.2, 0.25) is 0 Å². The number of pyridine rings is 1. The number of halogens is 2. The van der Waals surface area contributed by atoms with E-state index in [0.29, 0.717) is 0 Å². The molecular formula is C8H6F2N2. The number of aromatic nitrogens is 1. The van der Waals surface area contributed by atoms with Crippen molar-refractivity contribution in [2.75, 3.05) is 0 Å². The van der Waals surface area contributed by atoms with E-state index in [-0.39, 0.29) is 5.56 Å². The van der Waals surface area contributed by atoms with Gasteiger partial charge in [0.25, 0.3) is 0 Å². The highest BCUT2D eigenvalue weighted by atomic mass is 19.1. The van der Waals surface area contributed by atoms with Crippen LogP contribution in [-0.4, -0.2) is 4.98 Å². The maximum Gasteiger partial charge on any atom is 0.148 e. The predicted molar refractivity (Wildman–Crippen MR) is 38.2 cm³/mol. The first-order valence-corrected chi connectivity index (χ1v) is 3.35. The van der Waals surface area contributed by atoms with Gasteiger partial charge in [-0.3, -0.25) is 4.98 Å². The van der Waals surface area contributed by atoms with Crippen LogP contribution in [0, 0.1) is 23.0 Å². The zero-order valence-electron chi connectivity index (χ0n) is 6.38. The summed E-state index contributed by atoms with van der Waals surface area (Å²) in [6, 6.07) is 1.76. The third kappa shape index (κ3) is 1.40.